The Labute approximate surface area is 179 Å². The second kappa shape index (κ2) is 8.50. The molecule has 0 radical (unpaired) electrons. The van der Waals surface area contributed by atoms with Crippen LogP contribution in [0.1, 0.15) is 17.0 Å². The third kappa shape index (κ3) is 4.17. The predicted octanol–water partition coefficient (Wildman–Crippen LogP) is 7.35. The molecule has 1 heterocycles. The number of rotatable bonds is 5. The summed E-state index contributed by atoms with van der Waals surface area (Å²) in [7, 11) is 0. The molecule has 29 heavy (non-hydrogen) atoms. The molecular weight excluding hydrogens is 422 g/mol. The monoisotopic (exact) mass is 443 g/mol. The number of aromatic nitrogens is 1. The summed E-state index contributed by atoms with van der Waals surface area (Å²) >= 11 is 3.75. The van der Waals surface area contributed by atoms with Crippen LogP contribution in [0.4, 0.5) is 17.1 Å². The third-order valence-electron chi connectivity index (χ3n) is 4.90. The highest BCUT2D eigenvalue weighted by atomic mass is 79.9. The van der Waals surface area contributed by atoms with Crippen molar-refractivity contribution < 1.29 is 0 Å². The molecule has 0 fully saturated rings. The molecule has 0 spiro atoms. The van der Waals surface area contributed by atoms with Gasteiger partial charge in [0.05, 0.1) is 5.69 Å². The second-order valence-corrected chi connectivity index (χ2v) is 7.66. The topological polar surface area (TPSA) is 29.3 Å². The largest absolute Gasteiger partial charge is 0.356 e. The summed E-state index contributed by atoms with van der Waals surface area (Å²) in [5.41, 5.74) is 7.60. The lowest BCUT2D eigenvalue weighted by Crippen LogP contribution is -1.99. The lowest BCUT2D eigenvalue weighted by Gasteiger charge is -2.09. The van der Waals surface area contributed by atoms with Gasteiger partial charge in [-0.1, -0.05) is 36.4 Å². The van der Waals surface area contributed by atoms with Crippen LogP contribution in [0.5, 0.6) is 0 Å². The fourth-order valence-corrected chi connectivity index (χ4v) is 3.96. The van der Waals surface area contributed by atoms with Crippen LogP contribution < -0.4 is 5.32 Å². The maximum Gasteiger partial charge on any atom is 0.0631 e. The van der Waals surface area contributed by atoms with Gasteiger partial charge in [-0.2, -0.15) is 0 Å². The minimum atomic E-state index is 0.917. The van der Waals surface area contributed by atoms with Crippen LogP contribution in [-0.2, 0) is 0 Å². The average Bonchev–Trinajstić information content (AvgIpc) is 2.97. The van der Waals surface area contributed by atoms with Gasteiger partial charge in [-0.3, -0.25) is 4.99 Å². The van der Waals surface area contributed by atoms with E-state index in [1.54, 1.807) is 0 Å². The van der Waals surface area contributed by atoms with Crippen LogP contribution in [0.2, 0.25) is 0 Å². The minimum absolute atomic E-state index is 0.917. The highest BCUT2D eigenvalue weighted by Crippen LogP contribution is 2.30. The lowest BCUT2D eigenvalue weighted by atomic mass is 10.2. The normalized spacial score (nSPS) is 11.1. The van der Waals surface area contributed by atoms with Crippen LogP contribution in [0.25, 0.3) is 5.69 Å². The number of anilines is 2. The summed E-state index contributed by atoms with van der Waals surface area (Å²) in [4.78, 5) is 4.70. The van der Waals surface area contributed by atoms with E-state index in [0.717, 1.165) is 44.2 Å². The predicted molar refractivity (Wildman–Crippen MR) is 126 cm³/mol. The Hall–Kier alpha value is -3.11. The molecule has 0 unspecified atom stereocenters. The van der Waals surface area contributed by atoms with Crippen LogP contribution in [0, 0.1) is 13.8 Å². The summed E-state index contributed by atoms with van der Waals surface area (Å²) in [5.74, 6) is 0. The number of nitrogens with zero attached hydrogens (tertiary/aromatic N) is 2. The second-order valence-electron chi connectivity index (χ2n) is 6.87. The lowest BCUT2D eigenvalue weighted by molar-refractivity contribution is 0.962. The molecule has 0 saturated heterocycles. The van der Waals surface area contributed by atoms with Gasteiger partial charge in [0.15, 0.2) is 0 Å². The Bertz CT molecular complexity index is 1130. The molecule has 4 aromatic rings. The molecule has 4 heteroatoms. The van der Waals surface area contributed by atoms with Crippen molar-refractivity contribution in [3.63, 3.8) is 0 Å². The quantitative estimate of drug-likeness (QED) is 0.321. The Balaban J connectivity index is 1.56. The number of benzene rings is 3. The van der Waals surface area contributed by atoms with Gasteiger partial charge in [0, 0.05) is 44.7 Å². The van der Waals surface area contributed by atoms with Gasteiger partial charge in [0.25, 0.3) is 0 Å². The van der Waals surface area contributed by atoms with Gasteiger partial charge < -0.3 is 9.88 Å². The average molecular weight is 444 g/mol. The number of aliphatic imine (C=N–C) groups is 1. The molecule has 3 aromatic carbocycles. The van der Waals surface area contributed by atoms with E-state index in [1.165, 1.54) is 0 Å². The number of hydrogen-bond acceptors (Lipinski definition) is 2. The van der Waals surface area contributed by atoms with Crippen molar-refractivity contribution in [1.29, 1.82) is 0 Å². The van der Waals surface area contributed by atoms with Gasteiger partial charge >= 0.3 is 0 Å². The molecule has 0 saturated carbocycles. The number of hydrogen-bond donors (Lipinski definition) is 1. The van der Waals surface area contributed by atoms with Crippen molar-refractivity contribution in [3.8, 4) is 5.69 Å². The fourth-order valence-electron chi connectivity index (χ4n) is 3.40. The maximum absolute atomic E-state index is 4.70. The molecule has 0 atom stereocenters. The molecule has 0 aliphatic carbocycles. The molecule has 4 rings (SSSR count). The SMILES string of the molecule is Cc1c(Br)c(C=Nc2ccc(Nc3ccccc3)cc2)c(C)n1-c1ccccc1. The van der Waals surface area contributed by atoms with Crippen molar-refractivity contribution in [2.24, 2.45) is 4.99 Å². The number of nitrogens with one attached hydrogen (secondary N) is 1. The first kappa shape index (κ1) is 19.2. The van der Waals surface area contributed by atoms with Crippen LogP contribution in [0.15, 0.2) is 94.4 Å². The zero-order chi connectivity index (χ0) is 20.2. The molecule has 1 aromatic heterocycles. The van der Waals surface area contributed by atoms with Crippen molar-refractivity contribution in [3.05, 3.63) is 106 Å². The van der Waals surface area contributed by atoms with Crippen molar-refractivity contribution >= 4 is 39.2 Å². The molecule has 1 N–H and O–H groups in total. The highest BCUT2D eigenvalue weighted by molar-refractivity contribution is 9.10. The minimum Gasteiger partial charge on any atom is -0.356 e. The Kier molecular flexibility index (Phi) is 5.63. The summed E-state index contributed by atoms with van der Waals surface area (Å²) in [6, 6.07) is 28.6. The van der Waals surface area contributed by atoms with E-state index in [0.29, 0.717) is 0 Å². The van der Waals surface area contributed by atoms with Crippen molar-refractivity contribution in [2.45, 2.75) is 13.8 Å². The van der Waals surface area contributed by atoms with Crippen LogP contribution >= 0.6 is 15.9 Å². The summed E-state index contributed by atoms with van der Waals surface area (Å²) < 4.78 is 3.32. The van der Waals surface area contributed by atoms with E-state index >= 15 is 0 Å². The molecule has 3 nitrogen and oxygen atoms in total. The highest BCUT2D eigenvalue weighted by Gasteiger charge is 2.15. The Morgan fingerprint density at radius 3 is 2.00 bits per heavy atom. The van der Waals surface area contributed by atoms with E-state index < -0.39 is 0 Å². The summed E-state index contributed by atoms with van der Waals surface area (Å²) in [6.45, 7) is 4.24. The molecule has 0 aliphatic heterocycles. The molecular formula is C25H22BrN3. The van der Waals surface area contributed by atoms with Gasteiger partial charge in [-0.25, -0.2) is 0 Å². The van der Waals surface area contributed by atoms with Crippen LogP contribution in [-0.4, -0.2) is 10.8 Å². The molecule has 0 aliphatic rings. The van der Waals surface area contributed by atoms with Gasteiger partial charge in [-0.15, -0.1) is 0 Å². The first-order chi connectivity index (χ1) is 14.1. The smallest absolute Gasteiger partial charge is 0.0631 e. The Morgan fingerprint density at radius 2 is 1.34 bits per heavy atom. The molecule has 0 amide bonds. The van der Waals surface area contributed by atoms with Gasteiger partial charge in [0.1, 0.15) is 0 Å². The van der Waals surface area contributed by atoms with Crippen molar-refractivity contribution in [1.82, 2.24) is 4.57 Å². The van der Waals surface area contributed by atoms with E-state index in [9.17, 15) is 0 Å². The van der Waals surface area contributed by atoms with E-state index in [1.807, 2.05) is 66.9 Å². The maximum atomic E-state index is 4.70. The zero-order valence-electron chi connectivity index (χ0n) is 16.4. The number of para-hydroxylation sites is 2. The zero-order valence-corrected chi connectivity index (χ0v) is 18.0. The molecule has 144 valence electrons. The van der Waals surface area contributed by atoms with Gasteiger partial charge in [0.2, 0.25) is 0 Å². The third-order valence-corrected chi connectivity index (χ3v) is 5.90. The van der Waals surface area contributed by atoms with E-state index in [-0.39, 0.29) is 0 Å². The summed E-state index contributed by atoms with van der Waals surface area (Å²) in [6.07, 6.45) is 1.94. The molecule has 0 bridgehead atoms. The summed E-state index contributed by atoms with van der Waals surface area (Å²) in [5, 5.41) is 3.39. The Morgan fingerprint density at radius 1 is 0.759 bits per heavy atom. The first-order valence-corrected chi connectivity index (χ1v) is 10.3. The van der Waals surface area contributed by atoms with Gasteiger partial charge in [-0.05, 0) is 78.3 Å². The first-order valence-electron chi connectivity index (χ1n) is 9.52. The van der Waals surface area contributed by atoms with E-state index in [4.69, 9.17) is 4.99 Å². The van der Waals surface area contributed by atoms with Crippen molar-refractivity contribution in [2.75, 3.05) is 5.32 Å². The van der Waals surface area contributed by atoms with Crippen LogP contribution in [0.3, 0.4) is 0 Å². The fraction of sp³-hybridized carbons (Fsp3) is 0.0800. The number of halogens is 1. The standard InChI is InChI=1S/C25H22BrN3/c1-18-24(25(26)19(2)29(18)23-11-7-4-8-12-23)17-27-20-13-15-22(16-14-20)28-21-9-5-3-6-10-21/h3-17,28H,1-2H3. The van der Waals surface area contributed by atoms with E-state index in [2.05, 4.69) is 63.9 Å².